The zero-order chi connectivity index (χ0) is 39.9. The molecule has 4 aromatic heterocycles. The van der Waals surface area contributed by atoms with Crippen LogP contribution in [0.3, 0.4) is 0 Å². The number of fused-ring (bicyclic) bond motifs is 4. The summed E-state index contributed by atoms with van der Waals surface area (Å²) in [5.74, 6) is 0.156. The number of ether oxygens (including phenoxy) is 2. The van der Waals surface area contributed by atoms with E-state index in [9.17, 15) is 14.7 Å². The molecule has 5 N–H and O–H groups in total. The first-order valence-corrected chi connectivity index (χ1v) is 17.8. The van der Waals surface area contributed by atoms with Crippen molar-refractivity contribution < 1.29 is 33.0 Å². The maximum Gasteiger partial charge on any atom is 0.255 e. The molecule has 8 rings (SSSR count). The van der Waals surface area contributed by atoms with Crippen molar-refractivity contribution in [2.24, 2.45) is 0 Å². The maximum absolute atomic E-state index is 12.5. The summed E-state index contributed by atoms with van der Waals surface area (Å²) in [6.45, 7) is 1.70. The molecule has 2 amide bonds. The zero-order valence-corrected chi connectivity index (χ0v) is 31.1. The quantitative estimate of drug-likeness (QED) is 0.0829. The lowest BCUT2D eigenvalue weighted by Crippen LogP contribution is -2.30. The highest BCUT2D eigenvalue weighted by molar-refractivity contribution is 6.06. The summed E-state index contributed by atoms with van der Waals surface area (Å²) in [7, 11) is 3.02. The first-order valence-electron chi connectivity index (χ1n) is 17.8. The van der Waals surface area contributed by atoms with Crippen LogP contribution in [0.1, 0.15) is 50.2 Å². The summed E-state index contributed by atoms with van der Waals surface area (Å²) >= 11 is 0. The minimum atomic E-state index is -0.631. The van der Waals surface area contributed by atoms with Gasteiger partial charge in [0.1, 0.15) is 29.2 Å². The van der Waals surface area contributed by atoms with Crippen LogP contribution in [-0.4, -0.2) is 70.7 Å². The smallest absolute Gasteiger partial charge is 0.255 e. The molecule has 0 saturated heterocycles. The lowest BCUT2D eigenvalue weighted by molar-refractivity contribution is 0.0920. The van der Waals surface area contributed by atoms with E-state index >= 15 is 0 Å². The molecule has 0 aliphatic rings. The van der Waals surface area contributed by atoms with Gasteiger partial charge in [0.2, 0.25) is 0 Å². The Morgan fingerprint density at radius 2 is 1.25 bits per heavy atom. The van der Waals surface area contributed by atoms with Gasteiger partial charge < -0.3 is 34.0 Å². The molecule has 0 radical (unpaired) electrons. The van der Waals surface area contributed by atoms with Gasteiger partial charge in [-0.05, 0) is 90.9 Å². The number of nitrogens with one attached hydrogen (secondary N) is 4. The Hall–Kier alpha value is -7.63. The topological polar surface area (TPSA) is 204 Å². The van der Waals surface area contributed by atoms with Crippen molar-refractivity contribution in [3.63, 3.8) is 0 Å². The van der Waals surface area contributed by atoms with Gasteiger partial charge in [0.25, 0.3) is 11.8 Å². The number of carbonyl (C=O) groups is 2. The van der Waals surface area contributed by atoms with Crippen LogP contribution >= 0.6 is 0 Å². The summed E-state index contributed by atoms with van der Waals surface area (Å²) in [4.78, 5) is 24.9. The number of rotatable bonds is 11. The van der Waals surface area contributed by atoms with Gasteiger partial charge in [-0.1, -0.05) is 24.3 Å². The number of amides is 2. The number of nitrogens with zero attached hydrogens (tertiary/aromatic N) is 3. The standard InChI is InChI=1S/C22H21N3O4.C21H16N4O3/c1-13(26)12-23-22(27)16-5-7-18-20(21(16)28-2)17(24-25-18)6-3-14-4-8-19-15(11-14)9-10-29-19;1-27-20-15(21(26)23-10-9-22)4-6-17-19(20)16(24-25-17)5-2-13-3-7-18-14(12-13)8-11-28-18/h3-11,13,26H,12H2,1-2H3,(H,23,27)(H,24,25);2-8,11-12H,10H2,1H3,(H,23,26)(H,24,25)/b6-3+;5-2+. The molecule has 0 bridgehead atoms. The average molecular weight is 764 g/mol. The van der Waals surface area contributed by atoms with Gasteiger partial charge >= 0.3 is 0 Å². The molecule has 14 heteroatoms. The Balaban J connectivity index is 0.000000174. The SMILES string of the molecule is COc1c(C(=O)NCC#N)ccc2n[nH]c(/C=C/c3ccc4occc4c3)c12.COc1c(C(=O)NCC(C)O)ccc2n[nH]c(/C=C/c3ccc4occc4c3)c12. The second kappa shape index (κ2) is 16.8. The highest BCUT2D eigenvalue weighted by Gasteiger charge is 2.20. The summed E-state index contributed by atoms with van der Waals surface area (Å²) in [6.07, 6.45) is 10.4. The average Bonchev–Trinajstić information content (AvgIpc) is 4.06. The number of hydrogen-bond donors (Lipinski definition) is 5. The Kier molecular flexibility index (Phi) is 11.1. The normalized spacial score (nSPS) is 11.9. The van der Waals surface area contributed by atoms with Gasteiger partial charge in [-0.2, -0.15) is 15.5 Å². The van der Waals surface area contributed by atoms with Gasteiger partial charge in [-0.15, -0.1) is 0 Å². The van der Waals surface area contributed by atoms with Crippen molar-refractivity contribution in [2.75, 3.05) is 27.3 Å². The molecule has 0 fully saturated rings. The summed E-state index contributed by atoms with van der Waals surface area (Å²) < 4.78 is 21.8. The minimum absolute atomic E-state index is 0.0747. The van der Waals surface area contributed by atoms with E-state index in [2.05, 4.69) is 31.0 Å². The van der Waals surface area contributed by atoms with Crippen LogP contribution in [0.15, 0.2) is 94.2 Å². The fourth-order valence-corrected chi connectivity index (χ4v) is 6.31. The third-order valence-corrected chi connectivity index (χ3v) is 9.03. The van der Waals surface area contributed by atoms with Gasteiger partial charge in [-0.25, -0.2) is 0 Å². The predicted molar refractivity (Wildman–Crippen MR) is 218 cm³/mol. The number of carbonyl (C=O) groups excluding carboxylic acids is 2. The van der Waals surface area contributed by atoms with Gasteiger partial charge in [0, 0.05) is 17.3 Å². The van der Waals surface area contributed by atoms with E-state index in [1.54, 1.807) is 43.7 Å². The molecule has 286 valence electrons. The first-order chi connectivity index (χ1) is 27.8. The largest absolute Gasteiger partial charge is 0.495 e. The van der Waals surface area contributed by atoms with E-state index in [1.165, 1.54) is 14.2 Å². The monoisotopic (exact) mass is 763 g/mol. The summed E-state index contributed by atoms with van der Waals surface area (Å²) in [6, 6.07) is 24.3. The molecular weight excluding hydrogens is 727 g/mol. The molecule has 4 heterocycles. The van der Waals surface area contributed by atoms with Crippen molar-refractivity contribution >= 4 is 79.9 Å². The number of aliphatic hydroxyl groups excluding tert-OH is 1. The van der Waals surface area contributed by atoms with E-state index < -0.39 is 6.10 Å². The van der Waals surface area contributed by atoms with Crippen molar-refractivity contribution in [2.45, 2.75) is 13.0 Å². The van der Waals surface area contributed by atoms with Gasteiger partial charge in [0.15, 0.2) is 0 Å². The van der Waals surface area contributed by atoms with E-state index in [-0.39, 0.29) is 24.9 Å². The fourth-order valence-electron chi connectivity index (χ4n) is 6.31. The number of aromatic nitrogens is 4. The highest BCUT2D eigenvalue weighted by Crippen LogP contribution is 2.34. The van der Waals surface area contributed by atoms with Crippen LogP contribution in [-0.2, 0) is 0 Å². The summed E-state index contributed by atoms with van der Waals surface area (Å²) in [5, 5.41) is 41.4. The Labute approximate surface area is 325 Å². The van der Waals surface area contributed by atoms with Crippen molar-refractivity contribution in [3.05, 3.63) is 119 Å². The molecule has 0 saturated carbocycles. The second-order valence-electron chi connectivity index (χ2n) is 12.9. The van der Waals surface area contributed by atoms with Crippen LogP contribution < -0.4 is 20.1 Å². The van der Waals surface area contributed by atoms with E-state index in [0.717, 1.165) is 44.1 Å². The Bertz CT molecular complexity index is 2830. The second-order valence-corrected chi connectivity index (χ2v) is 12.9. The highest BCUT2D eigenvalue weighted by atomic mass is 16.5. The minimum Gasteiger partial charge on any atom is -0.495 e. The third kappa shape index (κ3) is 8.09. The summed E-state index contributed by atoms with van der Waals surface area (Å²) in [5.41, 5.74) is 7.23. The molecule has 8 aromatic rings. The fraction of sp³-hybridized carbons (Fsp3) is 0.140. The third-order valence-electron chi connectivity index (χ3n) is 9.03. The molecule has 57 heavy (non-hydrogen) atoms. The predicted octanol–water partition coefficient (Wildman–Crippen LogP) is 7.34. The van der Waals surface area contributed by atoms with Crippen molar-refractivity contribution in [1.29, 1.82) is 5.26 Å². The number of benzene rings is 4. The van der Waals surface area contributed by atoms with E-state index in [0.29, 0.717) is 44.7 Å². The van der Waals surface area contributed by atoms with Crippen LogP contribution in [0, 0.1) is 11.3 Å². The van der Waals surface area contributed by atoms with Crippen LogP contribution in [0.25, 0.3) is 68.0 Å². The molecule has 14 nitrogen and oxygen atoms in total. The van der Waals surface area contributed by atoms with Crippen molar-refractivity contribution in [1.82, 2.24) is 31.0 Å². The number of hydrogen-bond acceptors (Lipinski definition) is 10. The Morgan fingerprint density at radius 3 is 1.70 bits per heavy atom. The molecule has 1 unspecified atom stereocenters. The molecular formula is C43H37N7O7. The van der Waals surface area contributed by atoms with Crippen LogP contribution in [0.4, 0.5) is 0 Å². The van der Waals surface area contributed by atoms with Gasteiger partial charge in [-0.3, -0.25) is 19.8 Å². The molecule has 0 aliphatic heterocycles. The molecule has 0 spiro atoms. The van der Waals surface area contributed by atoms with Gasteiger partial charge in [0.05, 0.1) is 83.2 Å². The number of methoxy groups -OCH3 is 2. The zero-order valence-electron chi connectivity index (χ0n) is 31.1. The number of nitriles is 1. The lowest BCUT2D eigenvalue weighted by atomic mass is 10.1. The number of aliphatic hydroxyl groups is 1. The van der Waals surface area contributed by atoms with Crippen molar-refractivity contribution in [3.8, 4) is 17.6 Å². The number of aromatic amines is 2. The van der Waals surface area contributed by atoms with Crippen LogP contribution in [0.5, 0.6) is 11.5 Å². The maximum atomic E-state index is 12.5. The number of furan rings is 2. The number of H-pyrrole nitrogens is 2. The lowest BCUT2D eigenvalue weighted by Gasteiger charge is -2.11. The molecule has 0 aliphatic carbocycles. The Morgan fingerprint density at radius 1 is 0.754 bits per heavy atom. The van der Waals surface area contributed by atoms with Crippen LogP contribution in [0.2, 0.25) is 0 Å². The first kappa shape index (κ1) is 37.7. The van der Waals surface area contributed by atoms with E-state index in [1.807, 2.05) is 78.9 Å². The van der Waals surface area contributed by atoms with E-state index in [4.69, 9.17) is 23.6 Å². The molecule has 4 aromatic carbocycles. The molecule has 1 atom stereocenters.